The van der Waals surface area contributed by atoms with Gasteiger partial charge in [-0.25, -0.2) is 0 Å². The second kappa shape index (κ2) is 8.57. The number of esters is 1. The lowest BCUT2D eigenvalue weighted by molar-refractivity contribution is -0.146. The van der Waals surface area contributed by atoms with E-state index in [0.29, 0.717) is 42.5 Å². The highest BCUT2D eigenvalue weighted by molar-refractivity contribution is 5.96. The molecule has 0 bridgehead atoms. The van der Waals surface area contributed by atoms with Crippen LogP contribution in [0.4, 0.5) is 0 Å². The van der Waals surface area contributed by atoms with E-state index in [9.17, 15) is 9.59 Å². The van der Waals surface area contributed by atoms with Crippen LogP contribution in [0.5, 0.6) is 17.2 Å². The molecule has 8 nitrogen and oxygen atoms in total. The fourth-order valence-corrected chi connectivity index (χ4v) is 2.72. The molecular weight excluding hydrogens is 328 g/mol. The highest BCUT2D eigenvalue weighted by Crippen LogP contribution is 2.38. The first-order valence-electron chi connectivity index (χ1n) is 8.05. The molecule has 1 saturated heterocycles. The van der Waals surface area contributed by atoms with Crippen LogP contribution in [0.3, 0.4) is 0 Å². The fourth-order valence-electron chi connectivity index (χ4n) is 2.72. The molecule has 0 aromatic heterocycles. The SMILES string of the molecule is CCOC(=O)C1CN(C(=O)c2cc(OC)c(OC)c(OC)c2)CCN1. The second-order valence-electron chi connectivity index (χ2n) is 5.42. The van der Waals surface area contributed by atoms with E-state index in [2.05, 4.69) is 5.32 Å². The highest BCUT2D eigenvalue weighted by atomic mass is 16.5. The van der Waals surface area contributed by atoms with Crippen LogP contribution < -0.4 is 19.5 Å². The zero-order valence-electron chi connectivity index (χ0n) is 15.0. The number of amides is 1. The monoisotopic (exact) mass is 352 g/mol. The van der Waals surface area contributed by atoms with Crippen LogP contribution in [-0.4, -0.2) is 70.4 Å². The van der Waals surface area contributed by atoms with E-state index >= 15 is 0 Å². The van der Waals surface area contributed by atoms with Crippen LogP contribution in [0.2, 0.25) is 0 Å². The standard InChI is InChI=1S/C17H24N2O6/c1-5-25-17(21)12-10-19(7-6-18-12)16(20)11-8-13(22-2)15(24-4)14(9-11)23-3/h8-9,12,18H,5-7,10H2,1-4H3. The van der Waals surface area contributed by atoms with Crippen molar-refractivity contribution in [2.75, 3.05) is 47.6 Å². The quantitative estimate of drug-likeness (QED) is 0.754. The van der Waals surface area contributed by atoms with E-state index in [1.807, 2.05) is 0 Å². The van der Waals surface area contributed by atoms with Gasteiger partial charge in [0.2, 0.25) is 5.75 Å². The molecule has 2 rings (SSSR count). The van der Waals surface area contributed by atoms with E-state index in [4.69, 9.17) is 18.9 Å². The Morgan fingerprint density at radius 1 is 1.16 bits per heavy atom. The number of nitrogens with one attached hydrogen (secondary N) is 1. The largest absolute Gasteiger partial charge is 0.493 e. The summed E-state index contributed by atoms with van der Waals surface area (Å²) in [5.74, 6) is 0.663. The number of piperazine rings is 1. The molecule has 138 valence electrons. The summed E-state index contributed by atoms with van der Waals surface area (Å²) in [5.41, 5.74) is 0.402. The van der Waals surface area contributed by atoms with Crippen molar-refractivity contribution in [1.29, 1.82) is 0 Å². The average molecular weight is 352 g/mol. The second-order valence-corrected chi connectivity index (χ2v) is 5.42. The van der Waals surface area contributed by atoms with Crippen LogP contribution in [0.1, 0.15) is 17.3 Å². The summed E-state index contributed by atoms with van der Waals surface area (Å²) in [4.78, 5) is 26.4. The van der Waals surface area contributed by atoms with E-state index in [1.54, 1.807) is 24.0 Å². The predicted octanol–water partition coefficient (Wildman–Crippen LogP) is 0.690. The molecule has 0 radical (unpaired) electrons. The van der Waals surface area contributed by atoms with Crippen LogP contribution in [0.15, 0.2) is 12.1 Å². The van der Waals surface area contributed by atoms with Gasteiger partial charge in [0.1, 0.15) is 6.04 Å². The van der Waals surface area contributed by atoms with Gasteiger partial charge in [0.05, 0.1) is 27.9 Å². The Morgan fingerprint density at radius 2 is 1.80 bits per heavy atom. The Balaban J connectivity index is 2.23. The number of nitrogens with zero attached hydrogens (tertiary/aromatic N) is 1. The predicted molar refractivity (Wildman–Crippen MR) is 90.4 cm³/mol. The summed E-state index contributed by atoms with van der Waals surface area (Å²) in [5, 5.41) is 3.07. The van der Waals surface area contributed by atoms with Gasteiger partial charge in [-0.1, -0.05) is 0 Å². The molecule has 8 heteroatoms. The van der Waals surface area contributed by atoms with Gasteiger partial charge in [-0.15, -0.1) is 0 Å². The minimum Gasteiger partial charge on any atom is -0.493 e. The van der Waals surface area contributed by atoms with Crippen molar-refractivity contribution in [2.24, 2.45) is 0 Å². The molecule has 0 spiro atoms. The zero-order valence-corrected chi connectivity index (χ0v) is 15.0. The van der Waals surface area contributed by atoms with E-state index in [0.717, 1.165) is 0 Å². The van der Waals surface area contributed by atoms with Gasteiger partial charge in [-0.2, -0.15) is 0 Å². The minimum atomic E-state index is -0.528. The first kappa shape index (κ1) is 18.9. The summed E-state index contributed by atoms with van der Waals surface area (Å²) < 4.78 is 20.9. The van der Waals surface area contributed by atoms with Gasteiger partial charge in [-0.3, -0.25) is 9.59 Å². The van der Waals surface area contributed by atoms with Crippen molar-refractivity contribution in [3.63, 3.8) is 0 Å². The van der Waals surface area contributed by atoms with E-state index in [1.165, 1.54) is 21.3 Å². The molecule has 25 heavy (non-hydrogen) atoms. The van der Waals surface area contributed by atoms with Crippen molar-refractivity contribution >= 4 is 11.9 Å². The Morgan fingerprint density at radius 3 is 2.32 bits per heavy atom. The lowest BCUT2D eigenvalue weighted by Gasteiger charge is -2.32. The fraction of sp³-hybridized carbons (Fsp3) is 0.529. The number of methoxy groups -OCH3 is 3. The molecule has 1 aromatic rings. The van der Waals surface area contributed by atoms with Crippen molar-refractivity contribution in [1.82, 2.24) is 10.2 Å². The lowest BCUT2D eigenvalue weighted by Crippen LogP contribution is -2.56. The average Bonchev–Trinajstić information content (AvgIpc) is 2.66. The molecule has 1 unspecified atom stereocenters. The maximum absolute atomic E-state index is 12.9. The van der Waals surface area contributed by atoms with Gasteiger partial charge in [0, 0.05) is 25.2 Å². The molecule has 1 heterocycles. The van der Waals surface area contributed by atoms with Gasteiger partial charge in [-0.05, 0) is 19.1 Å². The van der Waals surface area contributed by atoms with Crippen molar-refractivity contribution in [2.45, 2.75) is 13.0 Å². The molecule has 1 N–H and O–H groups in total. The number of hydrogen-bond acceptors (Lipinski definition) is 7. The number of hydrogen-bond donors (Lipinski definition) is 1. The van der Waals surface area contributed by atoms with E-state index < -0.39 is 6.04 Å². The minimum absolute atomic E-state index is 0.213. The van der Waals surface area contributed by atoms with Gasteiger partial charge < -0.3 is 29.2 Å². The number of rotatable bonds is 6. The van der Waals surface area contributed by atoms with Gasteiger partial charge >= 0.3 is 5.97 Å². The Bertz CT molecular complexity index is 609. The van der Waals surface area contributed by atoms with Gasteiger partial charge in [0.15, 0.2) is 11.5 Å². The Labute approximate surface area is 147 Å². The molecule has 1 atom stereocenters. The lowest BCUT2D eigenvalue weighted by atomic mass is 10.1. The summed E-state index contributed by atoms with van der Waals surface area (Å²) in [6, 6.07) is 2.68. The van der Waals surface area contributed by atoms with Crippen molar-refractivity contribution in [3.8, 4) is 17.2 Å². The normalized spacial score (nSPS) is 17.0. The van der Waals surface area contributed by atoms with Crippen LogP contribution in [0.25, 0.3) is 0 Å². The summed E-state index contributed by atoms with van der Waals surface area (Å²) in [6.45, 7) is 3.30. The van der Waals surface area contributed by atoms with Crippen molar-refractivity contribution < 1.29 is 28.5 Å². The summed E-state index contributed by atoms with van der Waals surface area (Å²) in [7, 11) is 4.49. The maximum atomic E-state index is 12.9. The smallest absolute Gasteiger partial charge is 0.324 e. The summed E-state index contributed by atoms with van der Waals surface area (Å²) >= 11 is 0. The van der Waals surface area contributed by atoms with Crippen molar-refractivity contribution in [3.05, 3.63) is 17.7 Å². The first-order chi connectivity index (χ1) is 12.0. The topological polar surface area (TPSA) is 86.3 Å². The maximum Gasteiger partial charge on any atom is 0.324 e. The third-order valence-electron chi connectivity index (χ3n) is 3.95. The molecule has 0 saturated carbocycles. The summed E-state index contributed by atoms with van der Waals surface area (Å²) in [6.07, 6.45) is 0. The molecule has 0 aliphatic carbocycles. The number of carbonyl (C=O) groups is 2. The third kappa shape index (κ3) is 4.14. The van der Waals surface area contributed by atoms with Crippen LogP contribution in [0, 0.1) is 0 Å². The Hall–Kier alpha value is -2.48. The first-order valence-corrected chi connectivity index (χ1v) is 8.05. The number of carbonyl (C=O) groups excluding carboxylic acids is 2. The molecule has 1 fully saturated rings. The van der Waals surface area contributed by atoms with Gasteiger partial charge in [0.25, 0.3) is 5.91 Å². The van der Waals surface area contributed by atoms with E-state index in [-0.39, 0.29) is 18.4 Å². The third-order valence-corrected chi connectivity index (χ3v) is 3.95. The molecular formula is C17H24N2O6. The Kier molecular flexibility index (Phi) is 6.46. The molecule has 1 aliphatic rings. The zero-order chi connectivity index (χ0) is 18.4. The van der Waals surface area contributed by atoms with Crippen LogP contribution in [-0.2, 0) is 9.53 Å². The van der Waals surface area contributed by atoms with Crippen LogP contribution >= 0.6 is 0 Å². The molecule has 1 aromatic carbocycles. The highest BCUT2D eigenvalue weighted by Gasteiger charge is 2.30. The molecule has 1 aliphatic heterocycles. The molecule has 1 amide bonds. The number of benzene rings is 1. The number of ether oxygens (including phenoxy) is 4.